The predicted molar refractivity (Wildman–Crippen MR) is 186 cm³/mol. The Morgan fingerprint density at radius 3 is 1.11 bits per heavy atom. The van der Waals surface area contributed by atoms with E-state index in [2.05, 4.69) is 0 Å². The van der Waals surface area contributed by atoms with Gasteiger partial charge in [-0.05, 0) is 46.9 Å². The van der Waals surface area contributed by atoms with E-state index in [1.54, 1.807) is 4.90 Å². The number of primary amides is 1. The number of aliphatic hydroxyl groups is 2. The molecule has 4 aromatic carbocycles. The summed E-state index contributed by atoms with van der Waals surface area (Å²) < 4.78 is 0. The highest BCUT2D eigenvalue weighted by Gasteiger charge is 2.59. The summed E-state index contributed by atoms with van der Waals surface area (Å²) in [4.78, 5) is 30.8. The summed E-state index contributed by atoms with van der Waals surface area (Å²) in [5, 5.41) is 26.8. The van der Waals surface area contributed by atoms with Crippen molar-refractivity contribution >= 4 is 11.8 Å². The van der Waals surface area contributed by atoms with Crippen molar-refractivity contribution in [3.63, 3.8) is 0 Å². The van der Waals surface area contributed by atoms with E-state index in [9.17, 15) is 15.0 Å². The molecule has 6 heteroatoms. The molecule has 1 aliphatic carbocycles. The van der Waals surface area contributed by atoms with Crippen LogP contribution in [0.2, 0.25) is 0 Å². The quantitative estimate of drug-likeness (QED) is 0.150. The van der Waals surface area contributed by atoms with Crippen molar-refractivity contribution in [2.24, 2.45) is 23.0 Å². The van der Waals surface area contributed by atoms with Gasteiger partial charge in [-0.25, -0.2) is 0 Å². The van der Waals surface area contributed by atoms with Crippen LogP contribution in [0.15, 0.2) is 121 Å². The molecule has 0 radical (unpaired) electrons. The molecular weight excluding hydrogens is 584 g/mol. The van der Waals surface area contributed by atoms with E-state index < -0.39 is 40.5 Å². The fourth-order valence-corrected chi connectivity index (χ4v) is 8.01. The third kappa shape index (κ3) is 6.01. The molecule has 4 N–H and O–H groups in total. The van der Waals surface area contributed by atoms with Crippen molar-refractivity contribution in [1.82, 2.24) is 4.90 Å². The van der Waals surface area contributed by atoms with Crippen LogP contribution >= 0.6 is 0 Å². The number of carbonyl (C=O) groups excluding carboxylic acids is 2. The summed E-state index contributed by atoms with van der Waals surface area (Å²) in [6.07, 6.45) is 2.00. The van der Waals surface area contributed by atoms with Crippen molar-refractivity contribution < 1.29 is 19.8 Å². The van der Waals surface area contributed by atoms with Crippen LogP contribution in [0.1, 0.15) is 75.6 Å². The second kappa shape index (κ2) is 13.8. The van der Waals surface area contributed by atoms with Crippen LogP contribution in [-0.4, -0.2) is 39.0 Å². The van der Waals surface area contributed by atoms with Crippen LogP contribution < -0.4 is 5.73 Å². The molecular formula is C41H48N2O4. The van der Waals surface area contributed by atoms with Crippen LogP contribution in [0.25, 0.3) is 0 Å². The largest absolute Gasteiger partial charge is 0.378 e. The van der Waals surface area contributed by atoms with E-state index in [1.807, 2.05) is 149 Å². The lowest BCUT2D eigenvalue weighted by atomic mass is 9.69. The highest BCUT2D eigenvalue weighted by molar-refractivity contribution is 6.05. The minimum absolute atomic E-state index is 0.317. The highest BCUT2D eigenvalue weighted by Crippen LogP contribution is 2.49. The van der Waals surface area contributed by atoms with Crippen LogP contribution in [-0.2, 0) is 20.8 Å². The zero-order valence-electron chi connectivity index (χ0n) is 27.9. The standard InChI is InChI=1S/C41H48N2O4/c1-29(2)35(40(46,31-19-9-5-10-20-31)32-21-11-6-12-22-32)43(38(45)39(37(42)44)27-17-18-28-39)36(30(3)4)41(47,33-23-13-7-14-24-33)34-25-15-8-16-26-34/h5-16,19-26,29-30,35-36,46-47H,17-18,27-28H2,1-4H3,(H2,42,44). The Balaban J connectivity index is 1.90. The Kier molecular flexibility index (Phi) is 10.0. The molecule has 1 saturated carbocycles. The first kappa shape index (κ1) is 34.1. The molecule has 0 bridgehead atoms. The summed E-state index contributed by atoms with van der Waals surface area (Å²) >= 11 is 0. The normalized spacial score (nSPS) is 16.2. The molecule has 4 aromatic rings. The number of hydrogen-bond donors (Lipinski definition) is 3. The zero-order valence-corrected chi connectivity index (χ0v) is 27.9. The summed E-state index contributed by atoms with van der Waals surface area (Å²) in [5.74, 6) is -1.79. The van der Waals surface area contributed by atoms with Gasteiger partial charge in [0, 0.05) is 0 Å². The van der Waals surface area contributed by atoms with E-state index in [0.717, 1.165) is 0 Å². The lowest BCUT2D eigenvalue weighted by Gasteiger charge is -2.55. The van der Waals surface area contributed by atoms with Gasteiger partial charge in [0.05, 0.1) is 12.1 Å². The van der Waals surface area contributed by atoms with Crippen molar-refractivity contribution in [2.45, 2.75) is 76.7 Å². The fraction of sp³-hybridized carbons (Fsp3) is 0.366. The summed E-state index contributed by atoms with van der Waals surface area (Å²) in [6, 6.07) is 35.7. The molecule has 1 aliphatic rings. The van der Waals surface area contributed by atoms with Gasteiger partial charge in [0.15, 0.2) is 0 Å². The zero-order chi connectivity index (χ0) is 33.8. The maximum atomic E-state index is 15.6. The third-order valence-corrected chi connectivity index (χ3v) is 10.1. The Hall–Kier alpha value is -4.26. The summed E-state index contributed by atoms with van der Waals surface area (Å²) in [5.41, 5.74) is 3.66. The van der Waals surface area contributed by atoms with Gasteiger partial charge in [-0.2, -0.15) is 0 Å². The molecule has 0 spiro atoms. The molecule has 47 heavy (non-hydrogen) atoms. The van der Waals surface area contributed by atoms with Gasteiger partial charge in [0.2, 0.25) is 11.8 Å². The van der Waals surface area contributed by atoms with Crippen LogP contribution in [0.4, 0.5) is 0 Å². The molecule has 5 rings (SSSR count). The van der Waals surface area contributed by atoms with Gasteiger partial charge in [-0.3, -0.25) is 9.59 Å². The fourth-order valence-electron chi connectivity index (χ4n) is 8.01. The number of nitrogens with zero attached hydrogens (tertiary/aromatic N) is 1. The first-order chi connectivity index (χ1) is 22.5. The van der Waals surface area contributed by atoms with E-state index >= 15 is 4.79 Å². The molecule has 1 fully saturated rings. The second-order valence-electron chi connectivity index (χ2n) is 13.7. The Morgan fingerprint density at radius 1 is 0.596 bits per heavy atom. The maximum Gasteiger partial charge on any atom is 0.239 e. The minimum Gasteiger partial charge on any atom is -0.378 e. The number of amides is 2. The number of benzene rings is 4. The van der Waals surface area contributed by atoms with Crippen molar-refractivity contribution in [3.8, 4) is 0 Å². The van der Waals surface area contributed by atoms with Crippen LogP contribution in [0.5, 0.6) is 0 Å². The summed E-state index contributed by atoms with van der Waals surface area (Å²) in [7, 11) is 0. The van der Waals surface area contributed by atoms with E-state index in [1.165, 1.54) is 0 Å². The summed E-state index contributed by atoms with van der Waals surface area (Å²) in [6.45, 7) is 7.92. The first-order valence-corrected chi connectivity index (χ1v) is 16.8. The molecule has 0 heterocycles. The number of hydrogen-bond acceptors (Lipinski definition) is 4. The highest BCUT2D eigenvalue weighted by atomic mass is 16.3. The van der Waals surface area contributed by atoms with Gasteiger partial charge in [0.1, 0.15) is 16.6 Å². The number of carbonyl (C=O) groups is 2. The van der Waals surface area contributed by atoms with Gasteiger partial charge in [0.25, 0.3) is 0 Å². The van der Waals surface area contributed by atoms with E-state index in [4.69, 9.17) is 5.73 Å². The molecule has 0 aromatic heterocycles. The number of nitrogens with two attached hydrogens (primary N) is 1. The van der Waals surface area contributed by atoms with Crippen molar-refractivity contribution in [2.75, 3.05) is 0 Å². The molecule has 2 unspecified atom stereocenters. The van der Waals surface area contributed by atoms with Crippen molar-refractivity contribution in [1.29, 1.82) is 0 Å². The van der Waals surface area contributed by atoms with Crippen LogP contribution in [0, 0.1) is 17.3 Å². The molecule has 2 amide bonds. The van der Waals surface area contributed by atoms with Gasteiger partial charge in [-0.1, -0.05) is 162 Å². The average Bonchev–Trinajstić information content (AvgIpc) is 3.60. The third-order valence-electron chi connectivity index (χ3n) is 10.1. The average molecular weight is 633 g/mol. The minimum atomic E-state index is -1.73. The van der Waals surface area contributed by atoms with Gasteiger partial charge in [-0.15, -0.1) is 0 Å². The Labute approximate surface area is 279 Å². The van der Waals surface area contributed by atoms with E-state index in [0.29, 0.717) is 47.9 Å². The first-order valence-electron chi connectivity index (χ1n) is 16.8. The second-order valence-corrected chi connectivity index (χ2v) is 13.7. The maximum absolute atomic E-state index is 15.6. The molecule has 2 atom stereocenters. The molecule has 246 valence electrons. The van der Waals surface area contributed by atoms with Gasteiger partial charge >= 0.3 is 0 Å². The molecule has 6 nitrogen and oxygen atoms in total. The molecule has 0 aliphatic heterocycles. The van der Waals surface area contributed by atoms with Crippen molar-refractivity contribution in [3.05, 3.63) is 144 Å². The Morgan fingerprint density at radius 2 is 0.872 bits per heavy atom. The topological polar surface area (TPSA) is 104 Å². The predicted octanol–water partition coefficient (Wildman–Crippen LogP) is 6.78. The van der Waals surface area contributed by atoms with Gasteiger partial charge < -0.3 is 20.8 Å². The Bertz CT molecular complexity index is 1440. The lowest BCUT2D eigenvalue weighted by molar-refractivity contribution is -0.173. The van der Waals surface area contributed by atoms with Crippen LogP contribution in [0.3, 0.4) is 0 Å². The molecule has 0 saturated heterocycles. The lowest BCUT2D eigenvalue weighted by Crippen LogP contribution is -2.68. The monoisotopic (exact) mass is 632 g/mol. The van der Waals surface area contributed by atoms with E-state index in [-0.39, 0.29) is 11.8 Å². The number of rotatable bonds is 12. The smallest absolute Gasteiger partial charge is 0.239 e. The SMILES string of the molecule is CC(C)C(N(C(=O)C1(C(N)=O)CCCC1)C(C(C)C)C(O)(c1ccccc1)c1ccccc1)C(O)(c1ccccc1)c1ccccc1.